The number of hydrogen-bond acceptors (Lipinski definition) is 4. The van der Waals surface area contributed by atoms with Gasteiger partial charge in [0.2, 0.25) is 11.8 Å². The number of nitrogens with zero attached hydrogens (tertiary/aromatic N) is 3. The molecule has 0 aliphatic rings. The minimum absolute atomic E-state index is 0.168. The molecule has 0 fully saturated rings. The van der Waals surface area contributed by atoms with Crippen LogP contribution in [0.3, 0.4) is 0 Å². The smallest absolute Gasteiger partial charge is 0.220 e. The number of aromatic nitrogens is 3. The van der Waals surface area contributed by atoms with Crippen molar-refractivity contribution in [1.82, 2.24) is 14.5 Å². The van der Waals surface area contributed by atoms with Crippen molar-refractivity contribution in [3.05, 3.63) is 84.4 Å². The highest BCUT2D eigenvalue weighted by Crippen LogP contribution is 2.46. The van der Waals surface area contributed by atoms with Gasteiger partial charge in [-0.1, -0.05) is 18.2 Å². The molecule has 30 heavy (non-hydrogen) atoms. The highest BCUT2D eigenvalue weighted by Gasteiger charge is 2.23. The van der Waals surface area contributed by atoms with E-state index in [1.54, 1.807) is 42.6 Å². The van der Waals surface area contributed by atoms with Crippen LogP contribution in [0.25, 0.3) is 32.8 Å². The van der Waals surface area contributed by atoms with Crippen molar-refractivity contribution >= 4 is 21.7 Å². The molecule has 0 radical (unpaired) electrons. The van der Waals surface area contributed by atoms with Gasteiger partial charge in [-0.2, -0.15) is 4.39 Å². The number of pyridine rings is 2. The molecule has 2 N–H and O–H groups in total. The third kappa shape index (κ3) is 2.75. The fourth-order valence-electron chi connectivity index (χ4n) is 3.80. The molecule has 0 unspecified atom stereocenters. The number of phenols is 1. The minimum Gasteiger partial charge on any atom is -0.505 e. The fraction of sp³-hybridized carbons (Fsp3) is 0.0435. The summed E-state index contributed by atoms with van der Waals surface area (Å²) in [5, 5.41) is 22.9. The molecule has 7 heteroatoms. The Kier molecular flexibility index (Phi) is 4.10. The quantitative estimate of drug-likeness (QED) is 0.417. The average Bonchev–Trinajstić information content (AvgIpc) is 3.07. The zero-order valence-corrected chi connectivity index (χ0v) is 15.5. The molecule has 2 aromatic carbocycles. The van der Waals surface area contributed by atoms with Crippen molar-refractivity contribution < 1.29 is 19.0 Å². The molecule has 0 saturated heterocycles. The summed E-state index contributed by atoms with van der Waals surface area (Å²) in [7, 11) is 0. The summed E-state index contributed by atoms with van der Waals surface area (Å²) >= 11 is 0. The van der Waals surface area contributed by atoms with Gasteiger partial charge in [0, 0.05) is 40.5 Å². The predicted molar refractivity (Wildman–Crippen MR) is 109 cm³/mol. The van der Waals surface area contributed by atoms with Gasteiger partial charge >= 0.3 is 0 Å². The molecular weight excluding hydrogens is 388 g/mol. The van der Waals surface area contributed by atoms with Gasteiger partial charge in [0.25, 0.3) is 0 Å². The molecule has 148 valence electrons. The second kappa shape index (κ2) is 6.81. The lowest BCUT2D eigenvalue weighted by Crippen LogP contribution is -1.97. The van der Waals surface area contributed by atoms with Crippen molar-refractivity contribution in [3.63, 3.8) is 0 Å². The van der Waals surface area contributed by atoms with Gasteiger partial charge in [-0.05, 0) is 35.9 Å². The van der Waals surface area contributed by atoms with Crippen molar-refractivity contribution in [2.24, 2.45) is 0 Å². The number of fused-ring (bicyclic) bond motifs is 2. The molecular formula is C23H15F2N3O2. The molecule has 3 aromatic heterocycles. The molecule has 5 aromatic rings. The minimum atomic E-state index is -0.666. The van der Waals surface area contributed by atoms with E-state index < -0.39 is 5.95 Å². The summed E-state index contributed by atoms with van der Waals surface area (Å²) in [4.78, 5) is 7.98. The highest BCUT2D eigenvalue weighted by molar-refractivity contribution is 6.17. The van der Waals surface area contributed by atoms with Crippen LogP contribution in [0, 0.1) is 11.8 Å². The summed E-state index contributed by atoms with van der Waals surface area (Å²) in [6.45, 7) is 0.235. The fourth-order valence-corrected chi connectivity index (χ4v) is 3.80. The Bertz CT molecular complexity index is 1410. The lowest BCUT2D eigenvalue weighted by molar-refractivity contribution is 0.425. The van der Waals surface area contributed by atoms with Gasteiger partial charge in [0.05, 0.1) is 11.9 Å². The first-order valence-corrected chi connectivity index (χ1v) is 9.21. The summed E-state index contributed by atoms with van der Waals surface area (Å²) in [5.41, 5.74) is 1.71. The Labute approximate surface area is 169 Å². The number of hydrogen-bond donors (Lipinski definition) is 2. The Morgan fingerprint density at radius 2 is 1.60 bits per heavy atom. The van der Waals surface area contributed by atoms with Crippen LogP contribution in [0.15, 0.2) is 67.1 Å². The van der Waals surface area contributed by atoms with Gasteiger partial charge in [-0.15, -0.1) is 0 Å². The van der Waals surface area contributed by atoms with Gasteiger partial charge in [-0.25, -0.2) is 9.37 Å². The highest BCUT2D eigenvalue weighted by atomic mass is 19.1. The zero-order valence-electron chi connectivity index (χ0n) is 15.5. The van der Waals surface area contributed by atoms with E-state index in [1.807, 2.05) is 0 Å². The maximum Gasteiger partial charge on any atom is 0.220 e. The third-order valence-corrected chi connectivity index (χ3v) is 5.15. The van der Waals surface area contributed by atoms with Crippen LogP contribution < -0.4 is 0 Å². The zero-order chi connectivity index (χ0) is 20.8. The maximum absolute atomic E-state index is 14.6. The molecule has 0 saturated carbocycles. The van der Waals surface area contributed by atoms with E-state index in [0.717, 1.165) is 5.56 Å². The summed E-state index contributed by atoms with van der Waals surface area (Å²) in [6.07, 6.45) is 4.51. The Morgan fingerprint density at radius 3 is 2.37 bits per heavy atom. The van der Waals surface area contributed by atoms with Crippen molar-refractivity contribution in [3.8, 4) is 22.8 Å². The maximum atomic E-state index is 14.6. The van der Waals surface area contributed by atoms with E-state index in [0.29, 0.717) is 16.3 Å². The van der Waals surface area contributed by atoms with Gasteiger partial charge in [-0.3, -0.25) is 4.98 Å². The van der Waals surface area contributed by atoms with Gasteiger partial charge in [0.1, 0.15) is 11.3 Å². The monoisotopic (exact) mass is 403 g/mol. The van der Waals surface area contributed by atoms with E-state index in [9.17, 15) is 19.0 Å². The standard InChI is InChI=1S/C23H15F2N3O2/c24-14-7-5-13(6-8-14)11-28-12-17-18(16-4-2-10-27-22(16)25)15-3-1-9-26-20(15)21(29)19(17)23(28)30/h1-10,12,29-30H,11H2. The number of aromatic hydroxyl groups is 2. The second-order valence-electron chi connectivity index (χ2n) is 6.96. The largest absolute Gasteiger partial charge is 0.505 e. The molecule has 0 atom stereocenters. The summed E-state index contributed by atoms with van der Waals surface area (Å²) in [5.74, 6) is -1.40. The number of halogens is 2. The number of benzene rings is 2. The normalized spacial score (nSPS) is 11.4. The lowest BCUT2D eigenvalue weighted by atomic mass is 9.96. The SMILES string of the molecule is Oc1c2ncccc2c(-c2cccnc2F)c2cn(Cc3ccc(F)cc3)c(O)c12. The molecule has 0 aliphatic carbocycles. The molecule has 0 aliphatic heterocycles. The molecule has 5 nitrogen and oxygen atoms in total. The van der Waals surface area contributed by atoms with Gasteiger partial charge in [0.15, 0.2) is 5.75 Å². The molecule has 0 amide bonds. The topological polar surface area (TPSA) is 71.2 Å². The van der Waals surface area contributed by atoms with Crippen LogP contribution >= 0.6 is 0 Å². The van der Waals surface area contributed by atoms with Crippen molar-refractivity contribution in [1.29, 1.82) is 0 Å². The molecule has 0 bridgehead atoms. The average molecular weight is 403 g/mol. The molecule has 3 heterocycles. The van der Waals surface area contributed by atoms with E-state index in [2.05, 4.69) is 9.97 Å². The van der Waals surface area contributed by atoms with E-state index in [1.165, 1.54) is 29.1 Å². The predicted octanol–water partition coefficient (Wildman–Crippen LogP) is 4.99. The molecule has 0 spiro atoms. The second-order valence-corrected chi connectivity index (χ2v) is 6.96. The lowest BCUT2D eigenvalue weighted by Gasteiger charge is -2.11. The van der Waals surface area contributed by atoms with Crippen molar-refractivity contribution in [2.45, 2.75) is 6.54 Å². The Balaban J connectivity index is 1.84. The Morgan fingerprint density at radius 1 is 0.867 bits per heavy atom. The summed E-state index contributed by atoms with van der Waals surface area (Å²) < 4.78 is 29.4. The van der Waals surface area contributed by atoms with Gasteiger partial charge < -0.3 is 14.8 Å². The first kappa shape index (κ1) is 18.1. The van der Waals surface area contributed by atoms with E-state index in [-0.39, 0.29) is 40.5 Å². The Hall–Kier alpha value is -4.00. The summed E-state index contributed by atoms with van der Waals surface area (Å²) in [6, 6.07) is 12.5. The van der Waals surface area contributed by atoms with Crippen molar-refractivity contribution in [2.75, 3.05) is 0 Å². The number of phenolic OH excluding ortho intramolecular Hbond substituents is 1. The van der Waals surface area contributed by atoms with Crippen LogP contribution in [-0.2, 0) is 6.54 Å². The number of rotatable bonds is 3. The van der Waals surface area contributed by atoms with Crippen LogP contribution in [0.1, 0.15) is 5.56 Å². The third-order valence-electron chi connectivity index (χ3n) is 5.15. The molecule has 5 rings (SSSR count). The van der Waals surface area contributed by atoms with Crippen LogP contribution in [0.4, 0.5) is 8.78 Å². The van der Waals surface area contributed by atoms with Crippen LogP contribution in [-0.4, -0.2) is 24.7 Å². The van der Waals surface area contributed by atoms with E-state index >= 15 is 0 Å². The van der Waals surface area contributed by atoms with E-state index in [4.69, 9.17) is 0 Å². The first-order valence-electron chi connectivity index (χ1n) is 9.21. The first-order chi connectivity index (χ1) is 14.5. The van der Waals surface area contributed by atoms with Crippen LogP contribution in [0.2, 0.25) is 0 Å². The van der Waals surface area contributed by atoms with Crippen LogP contribution in [0.5, 0.6) is 11.6 Å².